The topological polar surface area (TPSA) is 66.4 Å². The predicted molar refractivity (Wildman–Crippen MR) is 94.0 cm³/mol. The van der Waals surface area contributed by atoms with Crippen LogP contribution in [0.3, 0.4) is 0 Å². The van der Waals surface area contributed by atoms with E-state index >= 15 is 0 Å². The maximum absolute atomic E-state index is 12.0. The summed E-state index contributed by atoms with van der Waals surface area (Å²) in [5.41, 5.74) is 1.27. The Balaban J connectivity index is 1.83. The van der Waals surface area contributed by atoms with Gasteiger partial charge in [0, 0.05) is 23.4 Å². The van der Waals surface area contributed by atoms with Crippen LogP contribution in [0.2, 0.25) is 5.02 Å². The predicted octanol–water partition coefficient (Wildman–Crippen LogP) is 3.54. The van der Waals surface area contributed by atoms with Gasteiger partial charge in [-0.3, -0.25) is 9.59 Å². The van der Waals surface area contributed by atoms with Gasteiger partial charge in [0.2, 0.25) is 5.91 Å². The van der Waals surface area contributed by atoms with Crippen molar-refractivity contribution in [3.8, 4) is 0 Å². The van der Waals surface area contributed by atoms with E-state index in [1.807, 2.05) is 6.07 Å². The van der Waals surface area contributed by atoms with Gasteiger partial charge in [0.15, 0.2) is 5.78 Å². The van der Waals surface area contributed by atoms with Gasteiger partial charge in [0.25, 0.3) is 0 Å². The monoisotopic (exact) mass is 345 g/mol. The molecule has 1 amide bonds. The average molecular weight is 346 g/mol. The Labute approximate surface area is 146 Å². The Morgan fingerprint density at radius 1 is 1.04 bits per heavy atom. The molecular weight excluding hydrogens is 326 g/mol. The van der Waals surface area contributed by atoms with Crippen LogP contribution in [-0.4, -0.2) is 22.8 Å². The Morgan fingerprint density at radius 3 is 2.29 bits per heavy atom. The van der Waals surface area contributed by atoms with E-state index in [2.05, 4.69) is 5.32 Å². The molecule has 0 fully saturated rings. The molecule has 2 aromatic carbocycles. The number of nitrogens with one attached hydrogen (secondary N) is 1. The van der Waals surface area contributed by atoms with Gasteiger partial charge < -0.3 is 10.4 Å². The number of carbonyl (C=O) groups is 2. The van der Waals surface area contributed by atoms with Crippen molar-refractivity contribution in [2.45, 2.75) is 31.9 Å². The molecule has 0 aromatic heterocycles. The lowest BCUT2D eigenvalue weighted by Crippen LogP contribution is -2.37. The molecule has 2 unspecified atom stereocenters. The molecule has 2 N–H and O–H groups in total. The highest BCUT2D eigenvalue weighted by Gasteiger charge is 2.19. The number of benzene rings is 2. The molecule has 2 rings (SSSR count). The van der Waals surface area contributed by atoms with E-state index in [-0.39, 0.29) is 24.5 Å². The van der Waals surface area contributed by atoms with Gasteiger partial charge >= 0.3 is 0 Å². The van der Waals surface area contributed by atoms with Gasteiger partial charge in [-0.05, 0) is 24.6 Å². The van der Waals surface area contributed by atoms with Crippen molar-refractivity contribution < 1.29 is 14.7 Å². The van der Waals surface area contributed by atoms with Crippen LogP contribution in [0, 0.1) is 0 Å². The Hall–Kier alpha value is -2.17. The van der Waals surface area contributed by atoms with Gasteiger partial charge in [-0.25, -0.2) is 0 Å². The summed E-state index contributed by atoms with van der Waals surface area (Å²) in [6, 6.07) is 15.2. The van der Waals surface area contributed by atoms with Crippen molar-refractivity contribution in [3.63, 3.8) is 0 Å². The van der Waals surface area contributed by atoms with Crippen LogP contribution in [0.1, 0.15) is 41.8 Å². The van der Waals surface area contributed by atoms with Crippen molar-refractivity contribution in [3.05, 3.63) is 70.7 Å². The third kappa shape index (κ3) is 5.18. The van der Waals surface area contributed by atoms with Gasteiger partial charge in [-0.15, -0.1) is 0 Å². The third-order valence-electron chi connectivity index (χ3n) is 3.75. The zero-order valence-electron chi connectivity index (χ0n) is 13.4. The maximum atomic E-state index is 12.0. The van der Waals surface area contributed by atoms with Crippen LogP contribution in [0.5, 0.6) is 0 Å². The van der Waals surface area contributed by atoms with E-state index in [0.717, 1.165) is 0 Å². The van der Waals surface area contributed by atoms with Crippen LogP contribution < -0.4 is 5.32 Å². The molecule has 4 nitrogen and oxygen atoms in total. The summed E-state index contributed by atoms with van der Waals surface area (Å²) in [4.78, 5) is 24.0. The quantitative estimate of drug-likeness (QED) is 0.754. The number of halogens is 1. The minimum absolute atomic E-state index is 0.0725. The molecule has 126 valence electrons. The van der Waals surface area contributed by atoms with E-state index in [1.165, 1.54) is 0 Å². The summed E-state index contributed by atoms with van der Waals surface area (Å²) >= 11 is 5.82. The number of hydrogen-bond donors (Lipinski definition) is 2. The van der Waals surface area contributed by atoms with Crippen molar-refractivity contribution in [2.75, 3.05) is 0 Å². The zero-order valence-corrected chi connectivity index (χ0v) is 14.2. The lowest BCUT2D eigenvalue weighted by Gasteiger charge is -2.20. The van der Waals surface area contributed by atoms with E-state index in [1.54, 1.807) is 55.5 Å². The molecule has 0 bridgehead atoms. The summed E-state index contributed by atoms with van der Waals surface area (Å²) in [6.07, 6.45) is -0.610. The largest absolute Gasteiger partial charge is 0.386 e. The number of aliphatic hydroxyl groups excluding tert-OH is 1. The molecule has 0 aliphatic rings. The van der Waals surface area contributed by atoms with Gasteiger partial charge in [0.1, 0.15) is 0 Å². The molecule has 0 saturated heterocycles. The van der Waals surface area contributed by atoms with E-state index in [4.69, 9.17) is 11.6 Å². The highest BCUT2D eigenvalue weighted by atomic mass is 35.5. The fourth-order valence-electron chi connectivity index (χ4n) is 2.35. The lowest BCUT2D eigenvalue weighted by molar-refractivity contribution is -0.122. The minimum Gasteiger partial charge on any atom is -0.386 e. The van der Waals surface area contributed by atoms with Crippen LogP contribution in [0.15, 0.2) is 54.6 Å². The number of amides is 1. The van der Waals surface area contributed by atoms with Gasteiger partial charge in [-0.1, -0.05) is 54.1 Å². The second-order valence-electron chi connectivity index (χ2n) is 5.64. The normalized spacial score (nSPS) is 13.1. The average Bonchev–Trinajstić information content (AvgIpc) is 2.60. The first kappa shape index (κ1) is 18.2. The van der Waals surface area contributed by atoms with Gasteiger partial charge in [-0.2, -0.15) is 0 Å². The molecule has 2 atom stereocenters. The molecule has 0 radical (unpaired) electrons. The van der Waals surface area contributed by atoms with Crippen molar-refractivity contribution in [1.29, 1.82) is 0 Å². The number of Topliss-reactive ketones (excluding diaryl/α,β-unsaturated/α-hetero) is 1. The first-order chi connectivity index (χ1) is 11.5. The second-order valence-corrected chi connectivity index (χ2v) is 6.08. The third-order valence-corrected chi connectivity index (χ3v) is 4.00. The molecule has 2 aromatic rings. The Bertz CT molecular complexity index is 686. The zero-order chi connectivity index (χ0) is 17.5. The summed E-state index contributed by atoms with van der Waals surface area (Å²) in [6.45, 7) is 1.72. The van der Waals surface area contributed by atoms with Gasteiger partial charge in [0.05, 0.1) is 12.1 Å². The maximum Gasteiger partial charge on any atom is 0.220 e. The van der Waals surface area contributed by atoms with E-state index in [9.17, 15) is 14.7 Å². The highest BCUT2D eigenvalue weighted by Crippen LogP contribution is 2.19. The molecule has 5 heteroatoms. The molecule has 0 saturated carbocycles. The van der Waals surface area contributed by atoms with Crippen LogP contribution >= 0.6 is 11.6 Å². The second kappa shape index (κ2) is 8.62. The van der Waals surface area contributed by atoms with Crippen LogP contribution in [0.4, 0.5) is 0 Å². The fourth-order valence-corrected chi connectivity index (χ4v) is 2.48. The summed E-state index contributed by atoms with van der Waals surface area (Å²) in [7, 11) is 0. The van der Waals surface area contributed by atoms with Crippen LogP contribution in [0.25, 0.3) is 0 Å². The minimum atomic E-state index is -0.837. The standard InChI is InChI=1S/C19H20ClNO3/c1-13(19(24)15-7-9-16(20)10-8-15)21-18(23)12-11-17(22)14-5-3-2-4-6-14/h2-10,13,19,24H,11-12H2,1H3,(H,21,23). The molecular formula is C19H20ClNO3. The highest BCUT2D eigenvalue weighted by molar-refractivity contribution is 6.30. The lowest BCUT2D eigenvalue weighted by atomic mass is 10.0. The number of rotatable bonds is 7. The molecule has 0 heterocycles. The number of carbonyl (C=O) groups excluding carboxylic acids is 2. The molecule has 0 spiro atoms. The SMILES string of the molecule is CC(NC(=O)CCC(=O)c1ccccc1)C(O)c1ccc(Cl)cc1. The first-order valence-electron chi connectivity index (χ1n) is 7.78. The molecule has 0 aliphatic heterocycles. The van der Waals surface area contributed by atoms with Crippen molar-refractivity contribution in [2.24, 2.45) is 0 Å². The number of ketones is 1. The van der Waals surface area contributed by atoms with E-state index < -0.39 is 12.1 Å². The van der Waals surface area contributed by atoms with Crippen molar-refractivity contribution in [1.82, 2.24) is 5.32 Å². The Morgan fingerprint density at radius 2 is 1.67 bits per heavy atom. The Kier molecular flexibility index (Phi) is 6.53. The fraction of sp³-hybridized carbons (Fsp3) is 0.263. The first-order valence-corrected chi connectivity index (χ1v) is 8.16. The number of hydrogen-bond acceptors (Lipinski definition) is 3. The number of aliphatic hydroxyl groups is 1. The summed E-state index contributed by atoms with van der Waals surface area (Å²) in [5.74, 6) is -0.337. The van der Waals surface area contributed by atoms with Crippen LogP contribution in [-0.2, 0) is 4.79 Å². The summed E-state index contributed by atoms with van der Waals surface area (Å²) in [5, 5.41) is 13.6. The van der Waals surface area contributed by atoms with E-state index in [0.29, 0.717) is 16.1 Å². The molecule has 24 heavy (non-hydrogen) atoms. The summed E-state index contributed by atoms with van der Waals surface area (Å²) < 4.78 is 0. The van der Waals surface area contributed by atoms with Crippen molar-refractivity contribution >= 4 is 23.3 Å². The molecule has 0 aliphatic carbocycles. The smallest absolute Gasteiger partial charge is 0.220 e.